The van der Waals surface area contributed by atoms with E-state index in [1.807, 2.05) is 8.85 Å². The molecule has 0 radical (unpaired) electrons. The maximum absolute atomic E-state index is 2.47. The van der Waals surface area contributed by atoms with E-state index in [0.29, 0.717) is 0 Å². The first-order chi connectivity index (χ1) is 8.27. The quantitative estimate of drug-likeness (QED) is 0.689. The molecule has 3 rings (SSSR count). The monoisotopic (exact) mass is 302 g/mol. The van der Waals surface area contributed by atoms with Gasteiger partial charge in [0.25, 0.3) is 0 Å². The predicted molar refractivity (Wildman–Crippen MR) is 69.4 cm³/mol. The Kier molecular flexibility index (Phi) is 3.39. The number of hydrogen-bond donors (Lipinski definition) is 0. The van der Waals surface area contributed by atoms with Crippen LogP contribution in [0.3, 0.4) is 0 Å². The van der Waals surface area contributed by atoms with E-state index in [0.717, 1.165) is 9.54 Å². The standard InChI is InChI=1S/C11H15.C5H5.Zr/c1-8-7-9(2)11-6-4-3-5-10(8)11;1-2-4-5-3-1;/h8H,3-6H2,1-2H3;1-5H;. The van der Waals surface area contributed by atoms with Crippen LogP contribution in [0, 0.1) is 5.92 Å². The second-order valence-corrected chi connectivity index (χ2v) is 9.08. The fourth-order valence-corrected chi connectivity index (χ4v) is 7.29. The van der Waals surface area contributed by atoms with Crippen LogP contribution in [0.1, 0.15) is 39.5 Å². The van der Waals surface area contributed by atoms with Crippen molar-refractivity contribution in [2.24, 2.45) is 5.92 Å². The first-order valence-corrected chi connectivity index (χ1v) is 9.47. The molecule has 0 heterocycles. The molecule has 88 valence electrons. The molecule has 0 aliphatic heterocycles. The third-order valence-corrected chi connectivity index (χ3v) is 8.91. The van der Waals surface area contributed by atoms with Crippen molar-refractivity contribution < 1.29 is 23.2 Å². The summed E-state index contributed by atoms with van der Waals surface area (Å²) >= 11 is -0.426. The van der Waals surface area contributed by atoms with Gasteiger partial charge < -0.3 is 0 Å². The fourth-order valence-electron chi connectivity index (χ4n) is 3.44. The third-order valence-electron chi connectivity index (χ3n) is 4.39. The zero-order valence-electron chi connectivity index (χ0n) is 10.8. The summed E-state index contributed by atoms with van der Waals surface area (Å²) in [5.74, 6) is 0.805. The van der Waals surface area contributed by atoms with Crippen molar-refractivity contribution >= 4 is 0 Å². The van der Waals surface area contributed by atoms with Gasteiger partial charge in [0.15, 0.2) is 0 Å². The van der Waals surface area contributed by atoms with Crippen molar-refractivity contribution in [3.8, 4) is 0 Å². The van der Waals surface area contributed by atoms with Gasteiger partial charge in [-0.1, -0.05) is 0 Å². The maximum atomic E-state index is 2.47. The minimum atomic E-state index is -0.426. The predicted octanol–water partition coefficient (Wildman–Crippen LogP) is 4.78. The van der Waals surface area contributed by atoms with Crippen LogP contribution in [-0.2, 0) is 23.2 Å². The molecule has 3 aliphatic carbocycles. The average molecular weight is 304 g/mol. The summed E-state index contributed by atoms with van der Waals surface area (Å²) < 4.78 is 2.72. The Hall–Kier alpha value is -0.157. The van der Waals surface area contributed by atoms with Gasteiger partial charge in [0, 0.05) is 0 Å². The van der Waals surface area contributed by atoms with E-state index < -0.39 is 23.2 Å². The van der Waals surface area contributed by atoms with Gasteiger partial charge in [0.1, 0.15) is 0 Å². The first-order valence-electron chi connectivity index (χ1n) is 6.82. The zero-order chi connectivity index (χ0) is 11.8. The third kappa shape index (κ3) is 2.12. The normalized spacial score (nSPS) is 28.2. The van der Waals surface area contributed by atoms with Crippen LogP contribution in [-0.4, -0.2) is 0 Å². The van der Waals surface area contributed by atoms with Crippen molar-refractivity contribution in [3.63, 3.8) is 0 Å². The van der Waals surface area contributed by atoms with E-state index in [1.165, 1.54) is 25.7 Å². The number of rotatable bonds is 2. The second-order valence-electron chi connectivity index (χ2n) is 5.41. The van der Waals surface area contributed by atoms with Crippen molar-refractivity contribution in [2.75, 3.05) is 0 Å². The molecule has 1 atom stereocenters. The Morgan fingerprint density at radius 1 is 1.12 bits per heavy atom. The van der Waals surface area contributed by atoms with E-state index in [4.69, 9.17) is 0 Å². The molecule has 1 unspecified atom stereocenters. The van der Waals surface area contributed by atoms with Crippen LogP contribution in [0.25, 0.3) is 0 Å². The van der Waals surface area contributed by atoms with E-state index in [2.05, 4.69) is 38.2 Å². The van der Waals surface area contributed by atoms with Crippen LogP contribution in [0.2, 0.25) is 3.63 Å². The molecule has 1 heteroatoms. The number of hydrogen-bond acceptors (Lipinski definition) is 0. The van der Waals surface area contributed by atoms with Crippen LogP contribution < -0.4 is 0 Å². The van der Waals surface area contributed by atoms with E-state index in [-0.39, 0.29) is 0 Å². The molecular weight excluding hydrogens is 283 g/mol. The molecule has 17 heavy (non-hydrogen) atoms. The van der Waals surface area contributed by atoms with Gasteiger partial charge in [-0.2, -0.15) is 0 Å². The first kappa shape index (κ1) is 11.9. The topological polar surface area (TPSA) is 0 Å². The van der Waals surface area contributed by atoms with Gasteiger partial charge in [0.05, 0.1) is 0 Å². The Morgan fingerprint density at radius 3 is 2.53 bits per heavy atom. The molecule has 0 N–H and O–H groups in total. The molecule has 0 bridgehead atoms. The summed E-state index contributed by atoms with van der Waals surface area (Å²) in [5.41, 5.74) is 5.30. The molecule has 0 amide bonds. The molecule has 0 aromatic heterocycles. The van der Waals surface area contributed by atoms with Crippen molar-refractivity contribution in [2.45, 2.75) is 43.2 Å². The summed E-state index contributed by atoms with van der Waals surface area (Å²) in [4.78, 5) is 0. The van der Waals surface area contributed by atoms with Gasteiger partial charge in [-0.25, -0.2) is 0 Å². The van der Waals surface area contributed by atoms with Crippen molar-refractivity contribution in [1.82, 2.24) is 0 Å². The van der Waals surface area contributed by atoms with Crippen LogP contribution in [0.4, 0.5) is 0 Å². The van der Waals surface area contributed by atoms with Crippen LogP contribution >= 0.6 is 0 Å². The Bertz CT molecular complexity index is 436. The van der Waals surface area contributed by atoms with Crippen molar-refractivity contribution in [3.05, 3.63) is 44.3 Å². The van der Waals surface area contributed by atoms with E-state index in [9.17, 15) is 0 Å². The zero-order valence-corrected chi connectivity index (χ0v) is 13.3. The minimum absolute atomic E-state index is 0.426. The Labute approximate surface area is 116 Å². The van der Waals surface area contributed by atoms with Crippen molar-refractivity contribution in [1.29, 1.82) is 0 Å². The average Bonchev–Trinajstić information content (AvgIpc) is 2.94. The molecule has 0 saturated heterocycles. The Balaban J connectivity index is 1.83. The second kappa shape index (κ2) is 4.84. The fraction of sp³-hybridized carbons (Fsp3) is 0.500. The number of allylic oxidation sites excluding steroid dienone is 8. The van der Waals surface area contributed by atoms with E-state index >= 15 is 0 Å². The van der Waals surface area contributed by atoms with Gasteiger partial charge in [-0.15, -0.1) is 0 Å². The Morgan fingerprint density at radius 2 is 1.82 bits per heavy atom. The summed E-state index contributed by atoms with van der Waals surface area (Å²) in [7, 11) is 0. The van der Waals surface area contributed by atoms with E-state index in [1.54, 1.807) is 11.1 Å². The molecule has 0 nitrogen and oxygen atoms in total. The van der Waals surface area contributed by atoms with Crippen LogP contribution in [0.15, 0.2) is 44.3 Å². The molecule has 0 aromatic carbocycles. The molecule has 0 spiro atoms. The molecule has 0 aromatic rings. The molecule has 3 aliphatic rings. The van der Waals surface area contributed by atoms with Gasteiger partial charge in [-0.3, -0.25) is 0 Å². The van der Waals surface area contributed by atoms with Gasteiger partial charge in [0.2, 0.25) is 0 Å². The molecule has 0 fully saturated rings. The van der Waals surface area contributed by atoms with Gasteiger partial charge in [-0.05, 0) is 0 Å². The molecule has 0 saturated carbocycles. The van der Waals surface area contributed by atoms with Gasteiger partial charge >= 0.3 is 117 Å². The summed E-state index contributed by atoms with van der Waals surface area (Å²) in [5, 5.41) is 0. The summed E-state index contributed by atoms with van der Waals surface area (Å²) in [6, 6.07) is 0. The van der Waals surface area contributed by atoms with Crippen LogP contribution in [0.5, 0.6) is 0 Å². The SMILES string of the molecule is CC1=[C]([Zr][CH]2C=CC=C2)C(C)C2=C1CCCC2. The summed E-state index contributed by atoms with van der Waals surface area (Å²) in [6.07, 6.45) is 14.9. The molecular formula is C16H20Zr. The summed E-state index contributed by atoms with van der Waals surface area (Å²) in [6.45, 7) is 4.87.